The summed E-state index contributed by atoms with van der Waals surface area (Å²) in [6.07, 6.45) is 4.12. The van der Waals surface area contributed by atoms with Gasteiger partial charge >= 0.3 is 6.09 Å². The number of carbonyl (C=O) groups is 2. The average molecular weight is 533 g/mol. The van der Waals surface area contributed by atoms with Crippen molar-refractivity contribution in [3.8, 4) is 11.5 Å². The van der Waals surface area contributed by atoms with E-state index in [2.05, 4.69) is 14.6 Å². The van der Waals surface area contributed by atoms with Gasteiger partial charge < -0.3 is 24.0 Å². The molecule has 2 aliphatic rings. The Morgan fingerprint density at radius 3 is 2.76 bits per heavy atom. The summed E-state index contributed by atoms with van der Waals surface area (Å²) in [4.78, 5) is 34.1. The van der Waals surface area contributed by atoms with Crippen molar-refractivity contribution in [2.75, 3.05) is 51.1 Å². The van der Waals surface area contributed by atoms with Crippen LogP contribution in [0.3, 0.4) is 0 Å². The number of anilines is 1. The van der Waals surface area contributed by atoms with E-state index >= 15 is 0 Å². The molecule has 1 aromatic heterocycles. The van der Waals surface area contributed by atoms with E-state index in [-0.39, 0.29) is 18.4 Å². The molecule has 0 spiro atoms. The summed E-state index contributed by atoms with van der Waals surface area (Å²) in [5, 5.41) is 0.951. The fraction of sp³-hybridized carbons (Fsp3) is 0.577. The number of fused-ring (bicyclic) bond motifs is 3. The van der Waals surface area contributed by atoms with Gasteiger partial charge in [0.05, 0.1) is 37.0 Å². The molecule has 2 amide bonds. The predicted octanol–water partition coefficient (Wildman–Crippen LogP) is 3.12. The minimum absolute atomic E-state index is 0.0103. The molecule has 1 fully saturated rings. The lowest BCUT2D eigenvalue weighted by atomic mass is 9.82. The van der Waals surface area contributed by atoms with Crippen LogP contribution >= 0.6 is 0 Å². The summed E-state index contributed by atoms with van der Waals surface area (Å²) in [5.74, 6) is 0.687. The SMILES string of the molecule is COc1ccc2ncc3c(c2c1)N(CCC1CCN(C(=O)OC(C)(C)C)CC1C(=O)NS(C)=O)CCO3. The van der Waals surface area contributed by atoms with E-state index < -0.39 is 28.6 Å². The second kappa shape index (κ2) is 11.1. The number of rotatable bonds is 6. The Hall–Kier alpha value is -3.08. The minimum Gasteiger partial charge on any atom is -0.497 e. The molecule has 37 heavy (non-hydrogen) atoms. The normalized spacial score (nSPS) is 20.6. The lowest BCUT2D eigenvalue weighted by Gasteiger charge is -2.39. The molecular weight excluding hydrogens is 496 g/mol. The number of carbonyl (C=O) groups excluding carboxylic acids is 2. The highest BCUT2D eigenvalue weighted by Crippen LogP contribution is 2.39. The molecule has 0 bridgehead atoms. The summed E-state index contributed by atoms with van der Waals surface area (Å²) in [6, 6.07) is 5.78. The molecular formula is C26H36N4O6S. The van der Waals surface area contributed by atoms with Crippen LogP contribution in [0, 0.1) is 11.8 Å². The highest BCUT2D eigenvalue weighted by atomic mass is 32.2. The number of benzene rings is 1. The van der Waals surface area contributed by atoms with E-state index in [9.17, 15) is 13.8 Å². The van der Waals surface area contributed by atoms with Crippen molar-refractivity contribution >= 4 is 39.6 Å². The number of hydrogen-bond acceptors (Lipinski definition) is 8. The maximum Gasteiger partial charge on any atom is 0.410 e. The molecule has 3 atom stereocenters. The monoisotopic (exact) mass is 532 g/mol. The van der Waals surface area contributed by atoms with Gasteiger partial charge in [-0.2, -0.15) is 0 Å². The second-order valence-corrected chi connectivity index (χ2v) is 11.6. The van der Waals surface area contributed by atoms with Gasteiger partial charge in [-0.25, -0.2) is 9.00 Å². The van der Waals surface area contributed by atoms with Crippen LogP contribution in [-0.4, -0.2) is 77.8 Å². The molecule has 4 rings (SSSR count). The molecule has 1 N–H and O–H groups in total. The molecule has 2 aromatic rings. The molecule has 10 nitrogen and oxygen atoms in total. The van der Waals surface area contributed by atoms with Gasteiger partial charge in [0.15, 0.2) is 5.75 Å². The van der Waals surface area contributed by atoms with Gasteiger partial charge in [-0.15, -0.1) is 0 Å². The van der Waals surface area contributed by atoms with Crippen molar-refractivity contribution in [2.24, 2.45) is 11.8 Å². The number of amides is 2. The van der Waals surface area contributed by atoms with Crippen molar-refractivity contribution in [2.45, 2.75) is 39.2 Å². The van der Waals surface area contributed by atoms with Crippen LogP contribution in [0.15, 0.2) is 24.4 Å². The zero-order chi connectivity index (χ0) is 26.7. The topological polar surface area (TPSA) is 110 Å². The smallest absolute Gasteiger partial charge is 0.410 e. The van der Waals surface area contributed by atoms with Gasteiger partial charge in [0.25, 0.3) is 0 Å². The first-order chi connectivity index (χ1) is 17.6. The van der Waals surface area contributed by atoms with Crippen molar-refractivity contribution < 1.29 is 28.0 Å². The Bertz CT molecular complexity index is 1180. The molecule has 2 aliphatic heterocycles. The van der Waals surface area contributed by atoms with Crippen LogP contribution in [0.4, 0.5) is 10.5 Å². The quantitative estimate of drug-likeness (QED) is 0.604. The Morgan fingerprint density at radius 1 is 1.27 bits per heavy atom. The number of nitrogens with one attached hydrogen (secondary N) is 1. The number of piperidine rings is 1. The van der Waals surface area contributed by atoms with E-state index in [0.717, 1.165) is 34.5 Å². The van der Waals surface area contributed by atoms with Crippen molar-refractivity contribution in [3.63, 3.8) is 0 Å². The average Bonchev–Trinajstić information content (AvgIpc) is 2.85. The van der Waals surface area contributed by atoms with Crippen LogP contribution in [0.25, 0.3) is 10.9 Å². The summed E-state index contributed by atoms with van der Waals surface area (Å²) in [7, 11) is 0.148. The van der Waals surface area contributed by atoms with Crippen LogP contribution in [0.5, 0.6) is 11.5 Å². The highest BCUT2D eigenvalue weighted by molar-refractivity contribution is 7.82. The highest BCUT2D eigenvalue weighted by Gasteiger charge is 2.38. The Morgan fingerprint density at radius 2 is 2.05 bits per heavy atom. The molecule has 0 saturated carbocycles. The zero-order valence-corrected chi connectivity index (χ0v) is 22.9. The number of ether oxygens (including phenoxy) is 3. The van der Waals surface area contributed by atoms with E-state index in [1.165, 1.54) is 6.26 Å². The van der Waals surface area contributed by atoms with Gasteiger partial charge in [0, 0.05) is 31.3 Å². The first kappa shape index (κ1) is 27.0. The first-order valence-electron chi connectivity index (χ1n) is 12.5. The molecule has 0 radical (unpaired) electrons. The number of likely N-dealkylation sites (tertiary alicyclic amines) is 1. The van der Waals surface area contributed by atoms with Crippen LogP contribution < -0.4 is 19.1 Å². The van der Waals surface area contributed by atoms with Crippen molar-refractivity contribution in [3.05, 3.63) is 24.4 Å². The fourth-order valence-electron chi connectivity index (χ4n) is 4.97. The molecule has 1 aromatic carbocycles. The Labute approximate surface area is 220 Å². The lowest BCUT2D eigenvalue weighted by Crippen LogP contribution is -2.51. The molecule has 11 heteroatoms. The van der Waals surface area contributed by atoms with Gasteiger partial charge in [0.1, 0.15) is 28.9 Å². The molecule has 202 valence electrons. The van der Waals surface area contributed by atoms with Crippen molar-refractivity contribution in [1.29, 1.82) is 0 Å². The number of hydrogen-bond donors (Lipinski definition) is 1. The van der Waals surface area contributed by atoms with Gasteiger partial charge in [-0.3, -0.25) is 14.5 Å². The van der Waals surface area contributed by atoms with E-state index in [4.69, 9.17) is 14.2 Å². The number of nitrogens with zero attached hydrogens (tertiary/aromatic N) is 3. The number of aromatic nitrogens is 1. The number of methoxy groups -OCH3 is 1. The maximum absolute atomic E-state index is 13.0. The molecule has 3 unspecified atom stereocenters. The standard InChI is InChI=1S/C26H36N4O6S/c1-26(2,3)36-25(32)30-11-9-17(20(16-30)24(31)28-37(5)33)8-10-29-12-13-35-22-15-27-21-7-6-18(34-4)14-19(21)23(22)29/h6-7,14-15,17,20H,8-13,16H2,1-5H3,(H,28,31). The third-order valence-electron chi connectivity index (χ3n) is 6.71. The van der Waals surface area contributed by atoms with Crippen molar-refractivity contribution in [1.82, 2.24) is 14.6 Å². The zero-order valence-electron chi connectivity index (χ0n) is 22.1. The van der Waals surface area contributed by atoms with E-state index in [1.807, 2.05) is 39.0 Å². The summed E-state index contributed by atoms with van der Waals surface area (Å²) in [6.45, 7) is 8.12. The minimum atomic E-state index is -1.49. The molecule has 0 aliphatic carbocycles. The fourth-order valence-corrected chi connectivity index (χ4v) is 5.41. The first-order valence-corrected chi connectivity index (χ1v) is 14.1. The molecule has 1 saturated heterocycles. The van der Waals surface area contributed by atoms with Gasteiger partial charge in [0.2, 0.25) is 5.91 Å². The second-order valence-electron chi connectivity index (χ2n) is 10.5. The van der Waals surface area contributed by atoms with E-state index in [1.54, 1.807) is 18.2 Å². The summed E-state index contributed by atoms with van der Waals surface area (Å²) in [5.41, 5.74) is 1.20. The van der Waals surface area contributed by atoms with Crippen LogP contribution in [-0.2, 0) is 20.5 Å². The summed E-state index contributed by atoms with van der Waals surface area (Å²) < 4.78 is 31.2. The largest absolute Gasteiger partial charge is 0.497 e. The Kier molecular flexibility index (Phi) is 8.11. The summed E-state index contributed by atoms with van der Waals surface area (Å²) >= 11 is 0. The third-order valence-corrected chi connectivity index (χ3v) is 7.20. The van der Waals surface area contributed by atoms with Crippen LogP contribution in [0.2, 0.25) is 0 Å². The lowest BCUT2D eigenvalue weighted by molar-refractivity contribution is -0.126. The van der Waals surface area contributed by atoms with Gasteiger partial charge in [-0.05, 0) is 57.7 Å². The van der Waals surface area contributed by atoms with Crippen LogP contribution in [0.1, 0.15) is 33.6 Å². The predicted molar refractivity (Wildman–Crippen MR) is 142 cm³/mol. The van der Waals surface area contributed by atoms with E-state index in [0.29, 0.717) is 32.7 Å². The number of pyridine rings is 1. The maximum atomic E-state index is 13.0. The Balaban J connectivity index is 1.53. The van der Waals surface area contributed by atoms with Gasteiger partial charge in [-0.1, -0.05) is 0 Å². The third kappa shape index (κ3) is 6.44. The molecule has 3 heterocycles.